The quantitative estimate of drug-likeness (QED) is 0.904. The SMILES string of the molecule is O=C(Cc1cc[nH]c1)N1CCN(C(=O)Cc2ccc3c(c2)CCO3)CC1. The van der Waals surface area contributed by atoms with Crippen LogP contribution in [0.4, 0.5) is 0 Å². The van der Waals surface area contributed by atoms with Gasteiger partial charge in [-0.05, 0) is 28.8 Å². The van der Waals surface area contributed by atoms with Gasteiger partial charge in [0.1, 0.15) is 5.75 Å². The first-order chi connectivity index (χ1) is 12.7. The second kappa shape index (κ2) is 7.23. The normalized spacial score (nSPS) is 16.3. The van der Waals surface area contributed by atoms with Crippen LogP contribution in [0.1, 0.15) is 16.7 Å². The lowest BCUT2D eigenvalue weighted by molar-refractivity contribution is -0.138. The zero-order valence-electron chi connectivity index (χ0n) is 14.7. The summed E-state index contributed by atoms with van der Waals surface area (Å²) in [6.07, 6.45) is 5.40. The first kappa shape index (κ1) is 16.7. The Labute approximate surface area is 152 Å². The van der Waals surface area contributed by atoms with Gasteiger partial charge in [0.25, 0.3) is 0 Å². The van der Waals surface area contributed by atoms with Crippen molar-refractivity contribution in [3.63, 3.8) is 0 Å². The number of hydrogen-bond donors (Lipinski definition) is 1. The summed E-state index contributed by atoms with van der Waals surface area (Å²) in [4.78, 5) is 31.6. The number of hydrogen-bond acceptors (Lipinski definition) is 3. The highest BCUT2D eigenvalue weighted by atomic mass is 16.5. The summed E-state index contributed by atoms with van der Waals surface area (Å²) in [6, 6.07) is 7.93. The molecule has 2 amide bonds. The highest BCUT2D eigenvalue weighted by Crippen LogP contribution is 2.26. The van der Waals surface area contributed by atoms with Crippen molar-refractivity contribution in [3.05, 3.63) is 53.3 Å². The van der Waals surface area contributed by atoms with Crippen LogP contribution >= 0.6 is 0 Å². The fourth-order valence-corrected chi connectivity index (χ4v) is 3.60. The van der Waals surface area contributed by atoms with E-state index in [0.717, 1.165) is 29.9 Å². The molecular formula is C20H23N3O3. The monoisotopic (exact) mass is 353 g/mol. The number of nitrogens with one attached hydrogen (secondary N) is 1. The fraction of sp³-hybridized carbons (Fsp3) is 0.400. The third-order valence-corrected chi connectivity index (χ3v) is 5.11. The Hall–Kier alpha value is -2.76. The second-order valence-electron chi connectivity index (χ2n) is 6.87. The number of rotatable bonds is 4. The minimum atomic E-state index is 0.121. The summed E-state index contributed by atoms with van der Waals surface area (Å²) in [7, 11) is 0. The number of benzene rings is 1. The summed E-state index contributed by atoms with van der Waals surface area (Å²) in [5.41, 5.74) is 3.22. The van der Waals surface area contributed by atoms with Gasteiger partial charge in [-0.15, -0.1) is 0 Å². The van der Waals surface area contributed by atoms with Crippen LogP contribution in [0.25, 0.3) is 0 Å². The van der Waals surface area contributed by atoms with Crippen molar-refractivity contribution in [1.82, 2.24) is 14.8 Å². The third kappa shape index (κ3) is 3.59. The molecule has 1 saturated heterocycles. The standard InChI is InChI=1S/C20H23N3O3/c24-19(12-15-1-2-18-17(11-15)4-10-26-18)22-6-8-23(9-7-22)20(25)13-16-3-5-21-14-16/h1-3,5,11,14,21H,4,6-10,12-13H2. The number of H-pyrrole nitrogens is 1. The summed E-state index contributed by atoms with van der Waals surface area (Å²) in [5.74, 6) is 1.19. The minimum absolute atomic E-state index is 0.121. The molecule has 2 aromatic rings. The van der Waals surface area contributed by atoms with Crippen LogP contribution in [-0.2, 0) is 28.9 Å². The highest BCUT2D eigenvalue weighted by Gasteiger charge is 2.24. The molecule has 6 heteroatoms. The van der Waals surface area contributed by atoms with Crippen molar-refractivity contribution in [2.45, 2.75) is 19.3 Å². The molecule has 2 aliphatic rings. The van der Waals surface area contributed by atoms with E-state index in [9.17, 15) is 9.59 Å². The molecule has 6 nitrogen and oxygen atoms in total. The Kier molecular flexibility index (Phi) is 4.65. The summed E-state index contributed by atoms with van der Waals surface area (Å²) >= 11 is 0. The van der Waals surface area contributed by atoms with Gasteiger partial charge in [-0.2, -0.15) is 0 Å². The Morgan fingerprint density at radius 2 is 1.65 bits per heavy atom. The van der Waals surface area contributed by atoms with Crippen molar-refractivity contribution < 1.29 is 14.3 Å². The first-order valence-electron chi connectivity index (χ1n) is 9.11. The van der Waals surface area contributed by atoms with E-state index in [1.54, 1.807) is 0 Å². The smallest absolute Gasteiger partial charge is 0.227 e. The average molecular weight is 353 g/mol. The Balaban J connectivity index is 1.28. The van der Waals surface area contributed by atoms with Crippen LogP contribution in [0.5, 0.6) is 5.75 Å². The number of aromatic nitrogens is 1. The van der Waals surface area contributed by atoms with Crippen molar-refractivity contribution >= 4 is 11.8 Å². The van der Waals surface area contributed by atoms with E-state index in [-0.39, 0.29) is 11.8 Å². The summed E-state index contributed by atoms with van der Waals surface area (Å²) < 4.78 is 5.51. The zero-order valence-corrected chi connectivity index (χ0v) is 14.7. The van der Waals surface area contributed by atoms with Gasteiger partial charge in [0.2, 0.25) is 11.8 Å². The molecule has 0 saturated carbocycles. The molecule has 3 heterocycles. The van der Waals surface area contributed by atoms with Gasteiger partial charge in [-0.1, -0.05) is 12.1 Å². The molecule has 0 spiro atoms. The molecular weight excluding hydrogens is 330 g/mol. The van der Waals surface area contributed by atoms with E-state index in [4.69, 9.17) is 4.74 Å². The van der Waals surface area contributed by atoms with Crippen LogP contribution in [0.2, 0.25) is 0 Å². The van der Waals surface area contributed by atoms with Crippen LogP contribution in [0.3, 0.4) is 0 Å². The summed E-state index contributed by atoms with van der Waals surface area (Å²) in [6.45, 7) is 3.14. The third-order valence-electron chi connectivity index (χ3n) is 5.11. The van der Waals surface area contributed by atoms with Gasteiger partial charge >= 0.3 is 0 Å². The lowest BCUT2D eigenvalue weighted by Gasteiger charge is -2.35. The van der Waals surface area contributed by atoms with Gasteiger partial charge in [0, 0.05) is 45.0 Å². The van der Waals surface area contributed by atoms with Crippen molar-refractivity contribution in [3.8, 4) is 5.75 Å². The number of aromatic amines is 1. The van der Waals surface area contributed by atoms with E-state index in [2.05, 4.69) is 11.1 Å². The molecule has 4 rings (SSSR count). The van der Waals surface area contributed by atoms with Crippen molar-refractivity contribution in [1.29, 1.82) is 0 Å². The van der Waals surface area contributed by atoms with Crippen LogP contribution in [-0.4, -0.2) is 59.4 Å². The molecule has 1 aromatic heterocycles. The molecule has 136 valence electrons. The van der Waals surface area contributed by atoms with E-state index in [1.165, 1.54) is 5.56 Å². The lowest BCUT2D eigenvalue weighted by atomic mass is 10.1. The van der Waals surface area contributed by atoms with Gasteiger partial charge in [-0.25, -0.2) is 0 Å². The van der Waals surface area contributed by atoms with E-state index < -0.39 is 0 Å². The molecule has 1 aromatic carbocycles. The van der Waals surface area contributed by atoms with Gasteiger partial charge < -0.3 is 19.5 Å². The van der Waals surface area contributed by atoms with Crippen LogP contribution in [0, 0.1) is 0 Å². The predicted octanol–water partition coefficient (Wildman–Crippen LogP) is 1.41. The number of fused-ring (bicyclic) bond motifs is 1. The molecule has 1 N–H and O–H groups in total. The topological polar surface area (TPSA) is 65.6 Å². The molecule has 0 bridgehead atoms. The number of piperazine rings is 1. The van der Waals surface area contributed by atoms with Crippen LogP contribution in [0.15, 0.2) is 36.7 Å². The molecule has 0 aliphatic carbocycles. The van der Waals surface area contributed by atoms with E-state index in [1.807, 2.05) is 40.4 Å². The van der Waals surface area contributed by atoms with Crippen molar-refractivity contribution in [2.75, 3.05) is 32.8 Å². The number of ether oxygens (including phenoxy) is 1. The Morgan fingerprint density at radius 3 is 2.31 bits per heavy atom. The molecule has 0 radical (unpaired) electrons. The summed E-state index contributed by atoms with van der Waals surface area (Å²) in [5, 5.41) is 0. The van der Waals surface area contributed by atoms with Gasteiger partial charge in [0.05, 0.1) is 19.4 Å². The fourth-order valence-electron chi connectivity index (χ4n) is 3.60. The lowest BCUT2D eigenvalue weighted by Crippen LogP contribution is -2.51. The molecule has 0 atom stereocenters. The maximum Gasteiger partial charge on any atom is 0.227 e. The van der Waals surface area contributed by atoms with Crippen LogP contribution < -0.4 is 4.74 Å². The number of carbonyl (C=O) groups excluding carboxylic acids is 2. The second-order valence-corrected chi connectivity index (χ2v) is 6.87. The average Bonchev–Trinajstić information content (AvgIpc) is 3.33. The predicted molar refractivity (Wildman–Crippen MR) is 97.0 cm³/mol. The van der Waals surface area contributed by atoms with E-state index >= 15 is 0 Å². The van der Waals surface area contributed by atoms with Crippen molar-refractivity contribution in [2.24, 2.45) is 0 Å². The Morgan fingerprint density at radius 1 is 0.962 bits per heavy atom. The van der Waals surface area contributed by atoms with Gasteiger partial charge in [0.15, 0.2) is 0 Å². The molecule has 26 heavy (non-hydrogen) atoms. The number of amides is 2. The number of carbonyl (C=O) groups is 2. The molecule has 1 fully saturated rings. The van der Waals surface area contributed by atoms with Gasteiger partial charge in [-0.3, -0.25) is 9.59 Å². The molecule has 2 aliphatic heterocycles. The minimum Gasteiger partial charge on any atom is -0.493 e. The van der Waals surface area contributed by atoms with E-state index in [0.29, 0.717) is 39.0 Å². The molecule has 0 unspecified atom stereocenters. The Bertz CT molecular complexity index is 793. The first-order valence-corrected chi connectivity index (χ1v) is 9.11. The highest BCUT2D eigenvalue weighted by molar-refractivity contribution is 5.81. The number of nitrogens with zero attached hydrogens (tertiary/aromatic N) is 2. The maximum atomic E-state index is 12.6. The maximum absolute atomic E-state index is 12.6. The zero-order chi connectivity index (χ0) is 17.9. The largest absolute Gasteiger partial charge is 0.493 e.